The van der Waals surface area contributed by atoms with E-state index in [0.29, 0.717) is 52.0 Å². The zero-order valence-corrected chi connectivity index (χ0v) is 22.1. The lowest BCUT2D eigenvalue weighted by Gasteiger charge is -2.27. The van der Waals surface area contributed by atoms with Crippen molar-refractivity contribution >= 4 is 28.3 Å². The number of methoxy groups -OCH3 is 2. The molecule has 5 rings (SSSR count). The van der Waals surface area contributed by atoms with Gasteiger partial charge in [0.2, 0.25) is 5.78 Å². The van der Waals surface area contributed by atoms with Gasteiger partial charge in [0.05, 0.1) is 32.4 Å². The number of Topliss-reactive ketones (excluding diaryl/α,β-unsaturated/α-hetero) is 1. The molecule has 200 valence electrons. The molecule has 39 heavy (non-hydrogen) atoms. The smallest absolute Gasteiger partial charge is 0.294 e. The van der Waals surface area contributed by atoms with Gasteiger partial charge in [0.1, 0.15) is 11.5 Å². The number of hydrogen-bond acceptors (Lipinski definition) is 7. The SMILES string of the molecule is COc1cccc(C2C(C(=O)c3cc4cccc(OC)c4o3)=C(O)C(=O)N2c2ccc(OCC(C)C)cc2)c1. The molecule has 0 saturated heterocycles. The summed E-state index contributed by atoms with van der Waals surface area (Å²) in [6.45, 7) is 4.67. The van der Waals surface area contributed by atoms with Crippen molar-refractivity contribution in [2.24, 2.45) is 5.92 Å². The number of rotatable bonds is 9. The van der Waals surface area contributed by atoms with Gasteiger partial charge in [-0.1, -0.05) is 38.1 Å². The minimum atomic E-state index is -0.933. The molecule has 0 radical (unpaired) electrons. The minimum absolute atomic E-state index is 0.0176. The van der Waals surface area contributed by atoms with Crippen LogP contribution in [0, 0.1) is 5.92 Å². The number of carbonyl (C=O) groups excluding carboxylic acids is 2. The molecule has 1 aliphatic rings. The molecule has 8 nitrogen and oxygen atoms in total. The monoisotopic (exact) mass is 527 g/mol. The van der Waals surface area contributed by atoms with Gasteiger partial charge in [-0.25, -0.2) is 0 Å². The second-order valence-corrected chi connectivity index (χ2v) is 9.63. The molecule has 1 atom stereocenters. The molecular weight excluding hydrogens is 498 g/mol. The van der Waals surface area contributed by atoms with Crippen molar-refractivity contribution in [2.45, 2.75) is 19.9 Å². The van der Waals surface area contributed by atoms with Gasteiger partial charge in [0, 0.05) is 11.1 Å². The number of ether oxygens (including phenoxy) is 3. The number of hydrogen-bond donors (Lipinski definition) is 1. The Kier molecular flexibility index (Phi) is 7.02. The van der Waals surface area contributed by atoms with E-state index in [4.69, 9.17) is 18.6 Å². The van der Waals surface area contributed by atoms with Gasteiger partial charge in [-0.3, -0.25) is 14.5 Å². The van der Waals surface area contributed by atoms with Gasteiger partial charge >= 0.3 is 0 Å². The van der Waals surface area contributed by atoms with Crippen molar-refractivity contribution in [1.29, 1.82) is 0 Å². The van der Waals surface area contributed by atoms with E-state index in [1.54, 1.807) is 72.8 Å². The average molecular weight is 528 g/mol. The summed E-state index contributed by atoms with van der Waals surface area (Å²) in [4.78, 5) is 28.8. The number of aliphatic hydroxyl groups is 1. The first kappa shape index (κ1) is 25.9. The number of furan rings is 1. The van der Waals surface area contributed by atoms with Crippen LogP contribution in [0.4, 0.5) is 5.69 Å². The Bertz CT molecular complexity index is 1570. The second kappa shape index (κ2) is 10.6. The summed E-state index contributed by atoms with van der Waals surface area (Å²) < 4.78 is 22.4. The molecule has 0 bridgehead atoms. The Morgan fingerprint density at radius 1 is 0.974 bits per heavy atom. The third kappa shape index (κ3) is 4.81. The van der Waals surface area contributed by atoms with Crippen LogP contribution in [0.15, 0.2) is 88.5 Å². The van der Waals surface area contributed by atoms with Crippen molar-refractivity contribution in [3.8, 4) is 17.2 Å². The van der Waals surface area contributed by atoms with E-state index in [1.165, 1.54) is 19.1 Å². The fourth-order valence-corrected chi connectivity index (χ4v) is 4.64. The predicted molar refractivity (Wildman–Crippen MR) is 147 cm³/mol. The van der Waals surface area contributed by atoms with Crippen molar-refractivity contribution in [1.82, 2.24) is 0 Å². The van der Waals surface area contributed by atoms with Crippen LogP contribution in [0.1, 0.15) is 36.0 Å². The topological polar surface area (TPSA) is 98.4 Å². The van der Waals surface area contributed by atoms with Gasteiger partial charge < -0.3 is 23.7 Å². The van der Waals surface area contributed by atoms with E-state index < -0.39 is 23.5 Å². The molecule has 8 heteroatoms. The molecular formula is C31H29NO7. The number of fused-ring (bicyclic) bond motifs is 1. The molecule has 0 aliphatic carbocycles. The molecule has 4 aromatic rings. The number of anilines is 1. The number of carbonyl (C=O) groups is 2. The number of aliphatic hydroxyl groups excluding tert-OH is 1. The van der Waals surface area contributed by atoms with Crippen LogP contribution in [-0.2, 0) is 4.79 Å². The van der Waals surface area contributed by atoms with Crippen molar-refractivity contribution in [3.05, 3.63) is 95.5 Å². The van der Waals surface area contributed by atoms with E-state index in [2.05, 4.69) is 13.8 Å². The number of amides is 1. The molecule has 1 amide bonds. The van der Waals surface area contributed by atoms with Gasteiger partial charge in [-0.2, -0.15) is 0 Å². The first-order valence-electron chi connectivity index (χ1n) is 12.6. The van der Waals surface area contributed by atoms with Gasteiger partial charge in [0.15, 0.2) is 22.9 Å². The molecule has 0 spiro atoms. The van der Waals surface area contributed by atoms with E-state index in [9.17, 15) is 14.7 Å². The molecule has 1 aromatic heterocycles. The van der Waals surface area contributed by atoms with Crippen molar-refractivity contribution < 1.29 is 33.3 Å². The highest BCUT2D eigenvalue weighted by Crippen LogP contribution is 2.43. The highest BCUT2D eigenvalue weighted by molar-refractivity contribution is 6.20. The Morgan fingerprint density at radius 3 is 2.41 bits per heavy atom. The summed E-state index contributed by atoms with van der Waals surface area (Å²) in [6, 6.07) is 20.0. The fraction of sp³-hybridized carbons (Fsp3) is 0.226. The number of benzene rings is 3. The third-order valence-electron chi connectivity index (χ3n) is 6.51. The molecule has 0 saturated carbocycles. The highest BCUT2D eigenvalue weighted by Gasteiger charge is 2.45. The van der Waals surface area contributed by atoms with Gasteiger partial charge in [0.25, 0.3) is 5.91 Å². The lowest BCUT2D eigenvalue weighted by molar-refractivity contribution is -0.117. The zero-order valence-electron chi connectivity index (χ0n) is 22.1. The van der Waals surface area contributed by atoms with Crippen LogP contribution in [0.2, 0.25) is 0 Å². The van der Waals surface area contributed by atoms with Gasteiger partial charge in [-0.05, 0) is 60.0 Å². The number of ketones is 1. The highest BCUT2D eigenvalue weighted by atomic mass is 16.5. The maximum absolute atomic E-state index is 13.9. The van der Waals surface area contributed by atoms with E-state index in [1.807, 2.05) is 0 Å². The molecule has 0 fully saturated rings. The van der Waals surface area contributed by atoms with Crippen LogP contribution in [0.5, 0.6) is 17.2 Å². The summed E-state index contributed by atoms with van der Waals surface area (Å²) in [5, 5.41) is 11.8. The van der Waals surface area contributed by atoms with E-state index in [0.717, 1.165) is 0 Å². The summed E-state index contributed by atoms with van der Waals surface area (Å²) in [7, 11) is 3.05. The van der Waals surface area contributed by atoms with Crippen LogP contribution >= 0.6 is 0 Å². The Labute approximate surface area is 226 Å². The van der Waals surface area contributed by atoms with Crippen LogP contribution in [0.3, 0.4) is 0 Å². The predicted octanol–water partition coefficient (Wildman–Crippen LogP) is 6.27. The lowest BCUT2D eigenvalue weighted by atomic mass is 9.94. The number of nitrogens with zero attached hydrogens (tertiary/aromatic N) is 1. The summed E-state index contributed by atoms with van der Waals surface area (Å²) in [5.74, 6) is 0.0670. The van der Waals surface area contributed by atoms with Crippen molar-refractivity contribution in [3.63, 3.8) is 0 Å². The number of para-hydroxylation sites is 1. The van der Waals surface area contributed by atoms with Crippen LogP contribution in [-0.4, -0.2) is 37.6 Å². The third-order valence-corrected chi connectivity index (χ3v) is 6.51. The fourth-order valence-electron chi connectivity index (χ4n) is 4.64. The summed E-state index contributed by atoms with van der Waals surface area (Å²) in [5.41, 5.74) is 1.39. The van der Waals surface area contributed by atoms with Gasteiger partial charge in [-0.15, -0.1) is 0 Å². The Morgan fingerprint density at radius 2 is 1.72 bits per heavy atom. The average Bonchev–Trinajstić information content (AvgIpc) is 3.51. The maximum Gasteiger partial charge on any atom is 0.294 e. The largest absolute Gasteiger partial charge is 0.503 e. The zero-order chi connectivity index (χ0) is 27.7. The lowest BCUT2D eigenvalue weighted by Crippen LogP contribution is -2.31. The van der Waals surface area contributed by atoms with Crippen molar-refractivity contribution in [2.75, 3.05) is 25.7 Å². The molecule has 2 heterocycles. The molecule has 1 aliphatic heterocycles. The standard InChI is InChI=1S/C31H29NO7/c1-18(2)17-38-22-13-11-21(12-14-22)32-27(19-7-5-9-23(15-19)36-3)26(29(34)31(32)35)28(33)25-16-20-8-6-10-24(37-4)30(20)39-25/h5-16,18,27,34H,17H2,1-4H3. The first-order chi connectivity index (χ1) is 18.8. The second-order valence-electron chi connectivity index (χ2n) is 9.63. The van der Waals surface area contributed by atoms with E-state index in [-0.39, 0.29) is 11.3 Å². The van der Waals surface area contributed by atoms with Crippen LogP contribution < -0.4 is 19.1 Å². The molecule has 1 N–H and O–H groups in total. The normalized spacial score (nSPS) is 15.4. The van der Waals surface area contributed by atoms with E-state index >= 15 is 0 Å². The van der Waals surface area contributed by atoms with Crippen LogP contribution in [0.25, 0.3) is 11.0 Å². The maximum atomic E-state index is 13.9. The Balaban J connectivity index is 1.59. The Hall–Kier alpha value is -4.72. The molecule has 1 unspecified atom stereocenters. The molecule has 3 aromatic carbocycles. The summed E-state index contributed by atoms with van der Waals surface area (Å²) >= 11 is 0. The first-order valence-corrected chi connectivity index (χ1v) is 12.6. The summed E-state index contributed by atoms with van der Waals surface area (Å²) in [6.07, 6.45) is 0. The minimum Gasteiger partial charge on any atom is -0.503 e. The quantitative estimate of drug-likeness (QED) is 0.256.